The largest absolute Gasteiger partial charge is 0.481 e. The van der Waals surface area contributed by atoms with Crippen LogP contribution >= 0.6 is 15.9 Å². The molecule has 1 rings (SSSR count). The van der Waals surface area contributed by atoms with Crippen molar-refractivity contribution in [1.82, 2.24) is 4.90 Å². The van der Waals surface area contributed by atoms with Gasteiger partial charge >= 0.3 is 5.97 Å². The highest BCUT2D eigenvalue weighted by molar-refractivity contribution is 9.10. The number of carboxylic acids is 1. The summed E-state index contributed by atoms with van der Waals surface area (Å²) in [5.74, 6) is -0.967. The maximum absolute atomic E-state index is 11.9. The van der Waals surface area contributed by atoms with Crippen LogP contribution in [0.25, 0.3) is 0 Å². The zero-order valence-electron chi connectivity index (χ0n) is 10.4. The highest BCUT2D eigenvalue weighted by Gasteiger charge is 2.12. The lowest BCUT2D eigenvalue weighted by molar-refractivity contribution is -0.138. The fraction of sp³-hybridized carbons (Fsp3) is 0.385. The summed E-state index contributed by atoms with van der Waals surface area (Å²) in [5, 5.41) is 8.57. The van der Waals surface area contributed by atoms with Gasteiger partial charge in [-0.1, -0.05) is 28.1 Å². The maximum Gasteiger partial charge on any atom is 0.305 e. The fourth-order valence-corrected chi connectivity index (χ4v) is 1.94. The van der Waals surface area contributed by atoms with Gasteiger partial charge in [0.05, 0.1) is 12.8 Å². The van der Waals surface area contributed by atoms with Gasteiger partial charge in [-0.15, -0.1) is 0 Å². The van der Waals surface area contributed by atoms with Crippen LogP contribution in [0.3, 0.4) is 0 Å². The number of carbonyl (C=O) groups excluding carboxylic acids is 1. The Labute approximate surface area is 115 Å². The third-order valence-corrected chi connectivity index (χ3v) is 3.67. The van der Waals surface area contributed by atoms with E-state index >= 15 is 0 Å². The van der Waals surface area contributed by atoms with Crippen LogP contribution < -0.4 is 0 Å². The first-order valence-corrected chi connectivity index (χ1v) is 6.41. The van der Waals surface area contributed by atoms with E-state index in [9.17, 15) is 9.59 Å². The monoisotopic (exact) mass is 313 g/mol. The van der Waals surface area contributed by atoms with Crippen LogP contribution in [0.5, 0.6) is 0 Å². The van der Waals surface area contributed by atoms with Crippen LogP contribution in [0.2, 0.25) is 0 Å². The van der Waals surface area contributed by atoms with E-state index in [-0.39, 0.29) is 18.9 Å². The van der Waals surface area contributed by atoms with Crippen molar-refractivity contribution < 1.29 is 14.7 Å². The lowest BCUT2D eigenvalue weighted by Gasteiger charge is -2.17. The minimum atomic E-state index is -0.895. The summed E-state index contributed by atoms with van der Waals surface area (Å²) < 4.78 is 0.973. The topological polar surface area (TPSA) is 57.6 Å². The molecule has 1 aromatic rings. The summed E-state index contributed by atoms with van der Waals surface area (Å²) in [7, 11) is 1.62. The number of rotatable bonds is 5. The van der Waals surface area contributed by atoms with Crippen molar-refractivity contribution in [2.75, 3.05) is 13.6 Å². The zero-order chi connectivity index (χ0) is 13.7. The molecule has 0 atom stereocenters. The van der Waals surface area contributed by atoms with Crippen LogP contribution in [-0.2, 0) is 16.0 Å². The molecular formula is C13H16BrNO3. The zero-order valence-corrected chi connectivity index (χ0v) is 12.0. The smallest absolute Gasteiger partial charge is 0.305 e. The minimum absolute atomic E-state index is 0.0281. The normalized spacial score (nSPS) is 10.2. The van der Waals surface area contributed by atoms with E-state index in [0.717, 1.165) is 15.6 Å². The summed E-state index contributed by atoms with van der Waals surface area (Å²) in [6.45, 7) is 2.19. The number of aliphatic carboxylic acids is 1. The first kappa shape index (κ1) is 14.7. The summed E-state index contributed by atoms with van der Waals surface area (Å²) in [6.07, 6.45) is 0.265. The quantitative estimate of drug-likeness (QED) is 0.907. The highest BCUT2D eigenvalue weighted by Crippen LogP contribution is 2.20. The molecule has 0 fully saturated rings. The van der Waals surface area contributed by atoms with E-state index in [4.69, 9.17) is 5.11 Å². The third kappa shape index (κ3) is 4.14. The van der Waals surface area contributed by atoms with Crippen molar-refractivity contribution in [2.24, 2.45) is 0 Å². The summed E-state index contributed by atoms with van der Waals surface area (Å²) in [5.41, 5.74) is 1.99. The number of nitrogens with zero attached hydrogens (tertiary/aromatic N) is 1. The van der Waals surface area contributed by atoms with Gasteiger partial charge in [0.25, 0.3) is 0 Å². The van der Waals surface area contributed by atoms with Gasteiger partial charge in [0, 0.05) is 18.1 Å². The van der Waals surface area contributed by atoms with Gasteiger partial charge in [0.1, 0.15) is 0 Å². The van der Waals surface area contributed by atoms with Gasteiger partial charge in [-0.25, -0.2) is 0 Å². The summed E-state index contributed by atoms with van der Waals surface area (Å²) in [4.78, 5) is 23.8. The SMILES string of the molecule is Cc1c(Br)cccc1CC(=O)N(C)CCC(=O)O. The molecule has 0 aliphatic heterocycles. The predicted octanol–water partition coefficient (Wildman–Crippen LogP) is 2.23. The van der Waals surface area contributed by atoms with E-state index in [1.54, 1.807) is 7.05 Å². The van der Waals surface area contributed by atoms with Gasteiger partial charge in [0.15, 0.2) is 0 Å². The van der Waals surface area contributed by atoms with E-state index in [2.05, 4.69) is 15.9 Å². The lowest BCUT2D eigenvalue weighted by Crippen LogP contribution is -2.30. The molecule has 0 saturated heterocycles. The Morgan fingerprint density at radius 2 is 2.06 bits per heavy atom. The fourth-order valence-electron chi connectivity index (χ4n) is 1.53. The average molecular weight is 314 g/mol. The van der Waals surface area contributed by atoms with Crippen molar-refractivity contribution in [1.29, 1.82) is 0 Å². The molecule has 0 aliphatic rings. The van der Waals surface area contributed by atoms with Crippen molar-refractivity contribution in [2.45, 2.75) is 19.8 Å². The van der Waals surface area contributed by atoms with Gasteiger partial charge in [-0.05, 0) is 24.1 Å². The number of benzene rings is 1. The van der Waals surface area contributed by atoms with Gasteiger partial charge < -0.3 is 10.0 Å². The van der Waals surface area contributed by atoms with Gasteiger partial charge in [-0.3, -0.25) is 9.59 Å². The molecule has 1 amide bonds. The Hall–Kier alpha value is -1.36. The number of hydrogen-bond acceptors (Lipinski definition) is 2. The van der Waals surface area contributed by atoms with Crippen LogP contribution in [0.15, 0.2) is 22.7 Å². The second-order valence-electron chi connectivity index (χ2n) is 4.16. The van der Waals surface area contributed by atoms with Gasteiger partial charge in [0.2, 0.25) is 5.91 Å². The first-order chi connectivity index (χ1) is 8.41. The van der Waals surface area contributed by atoms with E-state index in [1.807, 2.05) is 25.1 Å². The van der Waals surface area contributed by atoms with E-state index in [1.165, 1.54) is 4.90 Å². The predicted molar refractivity (Wildman–Crippen MR) is 72.5 cm³/mol. The second-order valence-corrected chi connectivity index (χ2v) is 5.01. The Balaban J connectivity index is 2.64. The Bertz CT molecular complexity index is 460. The van der Waals surface area contributed by atoms with Crippen molar-refractivity contribution in [3.8, 4) is 0 Å². The molecule has 0 heterocycles. The Morgan fingerprint density at radius 1 is 1.39 bits per heavy atom. The molecule has 0 saturated carbocycles. The summed E-state index contributed by atoms with van der Waals surface area (Å²) >= 11 is 3.42. The van der Waals surface area contributed by atoms with Crippen molar-refractivity contribution in [3.63, 3.8) is 0 Å². The molecule has 0 spiro atoms. The molecule has 1 aromatic carbocycles. The molecule has 0 aliphatic carbocycles. The molecule has 98 valence electrons. The number of hydrogen-bond donors (Lipinski definition) is 1. The van der Waals surface area contributed by atoms with E-state index in [0.29, 0.717) is 6.42 Å². The maximum atomic E-state index is 11.9. The molecule has 0 unspecified atom stereocenters. The van der Waals surface area contributed by atoms with Crippen LogP contribution in [-0.4, -0.2) is 35.5 Å². The Morgan fingerprint density at radius 3 is 2.67 bits per heavy atom. The molecule has 0 aromatic heterocycles. The molecule has 18 heavy (non-hydrogen) atoms. The number of carboxylic acid groups (broad SMARTS) is 1. The molecule has 0 bridgehead atoms. The van der Waals surface area contributed by atoms with Crippen molar-refractivity contribution >= 4 is 27.8 Å². The van der Waals surface area contributed by atoms with Crippen LogP contribution in [0.4, 0.5) is 0 Å². The third-order valence-electron chi connectivity index (χ3n) is 2.81. The number of likely N-dealkylation sites (N-methyl/N-ethyl adjacent to an activating group) is 1. The number of carbonyl (C=O) groups is 2. The standard InChI is InChI=1S/C13H16BrNO3/c1-9-10(4-3-5-11(9)14)8-12(16)15(2)7-6-13(17)18/h3-5H,6-8H2,1-2H3,(H,17,18). The Kier molecular flexibility index (Phi) is 5.34. The lowest BCUT2D eigenvalue weighted by atomic mass is 10.1. The molecule has 1 N–H and O–H groups in total. The first-order valence-electron chi connectivity index (χ1n) is 5.61. The molecule has 4 nitrogen and oxygen atoms in total. The van der Waals surface area contributed by atoms with Crippen LogP contribution in [0.1, 0.15) is 17.5 Å². The average Bonchev–Trinajstić information content (AvgIpc) is 2.31. The molecular weight excluding hydrogens is 298 g/mol. The minimum Gasteiger partial charge on any atom is -0.481 e. The van der Waals surface area contributed by atoms with E-state index < -0.39 is 5.97 Å². The molecule has 0 radical (unpaired) electrons. The number of halogens is 1. The molecule has 5 heteroatoms. The van der Waals surface area contributed by atoms with Crippen LogP contribution in [0, 0.1) is 6.92 Å². The van der Waals surface area contributed by atoms with Gasteiger partial charge in [-0.2, -0.15) is 0 Å². The second kappa shape index (κ2) is 6.54. The summed E-state index contributed by atoms with van der Waals surface area (Å²) in [6, 6.07) is 5.72. The number of amides is 1. The highest BCUT2D eigenvalue weighted by atomic mass is 79.9. The van der Waals surface area contributed by atoms with Crippen molar-refractivity contribution in [3.05, 3.63) is 33.8 Å².